The number of nitrogens with one attached hydrogen (secondary N) is 2. The van der Waals surface area contributed by atoms with E-state index in [-0.39, 0.29) is 15.4 Å². The highest BCUT2D eigenvalue weighted by atomic mass is 35.5. The van der Waals surface area contributed by atoms with Crippen LogP contribution in [0.5, 0.6) is 5.75 Å². The Bertz CT molecular complexity index is 1370. The van der Waals surface area contributed by atoms with E-state index in [0.29, 0.717) is 27.4 Å². The summed E-state index contributed by atoms with van der Waals surface area (Å²) in [5.41, 5.74) is 0.432. The molecule has 9 nitrogen and oxygen atoms in total. The smallest absolute Gasteiger partial charge is 0.272 e. The molecule has 2 N–H and O–H groups in total. The van der Waals surface area contributed by atoms with Gasteiger partial charge in [-0.15, -0.1) is 0 Å². The van der Waals surface area contributed by atoms with E-state index < -0.39 is 15.6 Å². The number of nitrogens with zero attached hydrogens (tertiary/aromatic N) is 3. The number of anilines is 1. The Morgan fingerprint density at radius 1 is 1.17 bits per heavy atom. The number of hydrogen-bond acceptors (Lipinski definition) is 8. The number of ether oxygens (including phenoxy) is 1. The third-order valence-corrected chi connectivity index (χ3v) is 6.35. The molecule has 0 aliphatic rings. The SMILES string of the molecule is COc1ccc(Cl)cc1-c1n[nH]c(=O)c2cc(S(=O)(=O)Nc3ncns3)ccc12. The molecule has 0 spiro atoms. The summed E-state index contributed by atoms with van der Waals surface area (Å²) in [4.78, 5) is 16.1. The van der Waals surface area contributed by atoms with Gasteiger partial charge in [-0.1, -0.05) is 17.7 Å². The largest absolute Gasteiger partial charge is 0.496 e. The van der Waals surface area contributed by atoms with Gasteiger partial charge in [0.15, 0.2) is 0 Å². The number of halogens is 1. The van der Waals surface area contributed by atoms with Gasteiger partial charge in [-0.25, -0.2) is 18.5 Å². The molecule has 29 heavy (non-hydrogen) atoms. The first-order valence-corrected chi connectivity index (χ1v) is 10.7. The lowest BCUT2D eigenvalue weighted by molar-refractivity contribution is 0.416. The van der Waals surface area contributed by atoms with Crippen LogP contribution in [-0.2, 0) is 10.0 Å². The molecule has 12 heteroatoms. The van der Waals surface area contributed by atoms with E-state index in [4.69, 9.17) is 16.3 Å². The number of H-pyrrole nitrogens is 1. The van der Waals surface area contributed by atoms with Crippen molar-refractivity contribution in [3.8, 4) is 17.0 Å². The zero-order valence-electron chi connectivity index (χ0n) is 14.7. The normalized spacial score (nSPS) is 11.5. The number of benzene rings is 2. The fraction of sp³-hybridized carbons (Fsp3) is 0.0588. The van der Waals surface area contributed by atoms with Crippen LogP contribution in [0.3, 0.4) is 0 Å². The van der Waals surface area contributed by atoms with Crippen LogP contribution >= 0.6 is 23.1 Å². The van der Waals surface area contributed by atoms with Crippen LogP contribution in [0.4, 0.5) is 5.13 Å². The van der Waals surface area contributed by atoms with Gasteiger partial charge in [0.05, 0.1) is 17.4 Å². The van der Waals surface area contributed by atoms with E-state index >= 15 is 0 Å². The van der Waals surface area contributed by atoms with Crippen molar-refractivity contribution in [3.63, 3.8) is 0 Å². The maximum Gasteiger partial charge on any atom is 0.272 e. The average molecular weight is 450 g/mol. The Hall–Kier alpha value is -3.02. The summed E-state index contributed by atoms with van der Waals surface area (Å²) >= 11 is 7.01. The molecule has 0 fully saturated rings. The van der Waals surface area contributed by atoms with Crippen molar-refractivity contribution in [2.45, 2.75) is 4.90 Å². The van der Waals surface area contributed by atoms with Crippen LogP contribution < -0.4 is 15.0 Å². The Balaban J connectivity index is 1.89. The molecule has 4 aromatic rings. The molecule has 0 aliphatic carbocycles. The summed E-state index contributed by atoms with van der Waals surface area (Å²) < 4.78 is 36.7. The number of aromatic nitrogens is 4. The van der Waals surface area contributed by atoms with Gasteiger partial charge >= 0.3 is 0 Å². The highest BCUT2D eigenvalue weighted by molar-refractivity contribution is 7.93. The molecule has 4 rings (SSSR count). The molecule has 0 atom stereocenters. The van der Waals surface area contributed by atoms with Crippen LogP contribution in [0.1, 0.15) is 0 Å². The van der Waals surface area contributed by atoms with Crippen molar-refractivity contribution in [1.82, 2.24) is 19.6 Å². The van der Waals surface area contributed by atoms with Crippen LogP contribution in [-0.4, -0.2) is 35.1 Å². The zero-order valence-corrected chi connectivity index (χ0v) is 17.1. The van der Waals surface area contributed by atoms with Gasteiger partial charge in [0.25, 0.3) is 15.6 Å². The second kappa shape index (κ2) is 7.43. The monoisotopic (exact) mass is 449 g/mol. The quantitative estimate of drug-likeness (QED) is 0.479. The first kappa shape index (κ1) is 19.3. The van der Waals surface area contributed by atoms with Crippen molar-refractivity contribution < 1.29 is 13.2 Å². The van der Waals surface area contributed by atoms with E-state index in [0.717, 1.165) is 11.5 Å². The molecule has 0 aliphatic heterocycles. The van der Waals surface area contributed by atoms with E-state index in [1.807, 2.05) is 0 Å². The summed E-state index contributed by atoms with van der Waals surface area (Å²) in [6.07, 6.45) is 1.24. The number of rotatable bonds is 5. The summed E-state index contributed by atoms with van der Waals surface area (Å²) in [6, 6.07) is 9.18. The van der Waals surface area contributed by atoms with Crippen LogP contribution in [0.25, 0.3) is 22.0 Å². The molecule has 0 amide bonds. The van der Waals surface area contributed by atoms with Crippen LogP contribution in [0.15, 0.2) is 52.4 Å². The maximum absolute atomic E-state index is 12.6. The molecule has 0 saturated heterocycles. The van der Waals surface area contributed by atoms with Crippen molar-refractivity contribution in [3.05, 3.63) is 58.1 Å². The Labute approximate surface area is 173 Å². The molecule has 0 unspecified atom stereocenters. The highest BCUT2D eigenvalue weighted by Crippen LogP contribution is 2.34. The van der Waals surface area contributed by atoms with E-state index in [2.05, 4.69) is 24.3 Å². The van der Waals surface area contributed by atoms with Gasteiger partial charge < -0.3 is 4.74 Å². The molecule has 2 aromatic carbocycles. The fourth-order valence-electron chi connectivity index (χ4n) is 2.77. The summed E-state index contributed by atoms with van der Waals surface area (Å²) in [5, 5.41) is 7.70. The molecule has 0 radical (unpaired) electrons. The number of fused-ring (bicyclic) bond motifs is 1. The van der Waals surface area contributed by atoms with Crippen molar-refractivity contribution >= 4 is 49.1 Å². The van der Waals surface area contributed by atoms with Crippen molar-refractivity contribution in [1.29, 1.82) is 0 Å². The lowest BCUT2D eigenvalue weighted by atomic mass is 10.0. The predicted octanol–water partition coefficient (Wildman–Crippen LogP) is 2.90. The average Bonchev–Trinajstić information content (AvgIpc) is 3.20. The van der Waals surface area contributed by atoms with Crippen molar-refractivity contribution in [2.24, 2.45) is 0 Å². The maximum atomic E-state index is 12.6. The summed E-state index contributed by atoms with van der Waals surface area (Å²) in [7, 11) is -2.45. The van der Waals surface area contributed by atoms with Gasteiger partial charge in [-0.2, -0.15) is 9.47 Å². The van der Waals surface area contributed by atoms with E-state index in [9.17, 15) is 13.2 Å². The van der Waals surface area contributed by atoms with Crippen molar-refractivity contribution in [2.75, 3.05) is 11.8 Å². The standard InChI is InChI=1S/C17H12ClN5O4S2/c1-27-14-5-2-9(18)6-13(14)15-11-4-3-10(7-12(11)16(24)22-21-15)29(25,26)23-17-19-8-20-28-17/h2-8H,1H3,(H,22,24)(H,19,20,23). The van der Waals surface area contributed by atoms with Gasteiger partial charge in [-0.3, -0.25) is 9.52 Å². The van der Waals surface area contributed by atoms with E-state index in [1.54, 1.807) is 18.2 Å². The predicted molar refractivity (Wildman–Crippen MR) is 110 cm³/mol. The minimum absolute atomic E-state index is 0.0964. The van der Waals surface area contributed by atoms with Gasteiger partial charge in [0, 0.05) is 27.5 Å². The fourth-order valence-corrected chi connectivity index (χ4v) is 4.63. The number of methoxy groups -OCH3 is 1. The number of sulfonamides is 1. The number of hydrogen-bond donors (Lipinski definition) is 2. The third kappa shape index (κ3) is 3.67. The lowest BCUT2D eigenvalue weighted by Crippen LogP contribution is -2.15. The van der Waals surface area contributed by atoms with E-state index in [1.165, 1.54) is 31.6 Å². The topological polar surface area (TPSA) is 127 Å². The Morgan fingerprint density at radius 2 is 2.00 bits per heavy atom. The lowest BCUT2D eigenvalue weighted by Gasteiger charge is -2.11. The minimum atomic E-state index is -3.95. The van der Waals surface area contributed by atoms with Gasteiger partial charge in [-0.05, 0) is 30.3 Å². The second-order valence-electron chi connectivity index (χ2n) is 5.81. The highest BCUT2D eigenvalue weighted by Gasteiger charge is 2.19. The first-order valence-electron chi connectivity index (χ1n) is 8.05. The van der Waals surface area contributed by atoms with Gasteiger partial charge in [0.2, 0.25) is 5.13 Å². The molecular weight excluding hydrogens is 438 g/mol. The summed E-state index contributed by atoms with van der Waals surface area (Å²) in [5.74, 6) is 0.505. The zero-order chi connectivity index (χ0) is 20.6. The van der Waals surface area contributed by atoms with Crippen LogP contribution in [0, 0.1) is 0 Å². The molecule has 2 aromatic heterocycles. The third-order valence-electron chi connectivity index (χ3n) is 4.07. The van der Waals surface area contributed by atoms with Crippen LogP contribution in [0.2, 0.25) is 5.02 Å². The summed E-state index contributed by atoms with van der Waals surface area (Å²) in [6.45, 7) is 0. The second-order valence-corrected chi connectivity index (χ2v) is 8.70. The molecular formula is C17H12ClN5O4S2. The van der Waals surface area contributed by atoms with Gasteiger partial charge in [0.1, 0.15) is 17.8 Å². The first-order chi connectivity index (χ1) is 13.9. The minimum Gasteiger partial charge on any atom is -0.496 e. The molecule has 0 bridgehead atoms. The number of aromatic amines is 1. The Morgan fingerprint density at radius 3 is 2.72 bits per heavy atom. The molecule has 2 heterocycles. The Kier molecular flexibility index (Phi) is 4.94. The molecule has 148 valence electrons. The molecule has 0 saturated carbocycles.